The average Bonchev–Trinajstić information content (AvgIpc) is 2.62. The lowest BCUT2D eigenvalue weighted by Crippen LogP contribution is -2.52. The summed E-state index contributed by atoms with van der Waals surface area (Å²) in [4.78, 5) is 26.5. The van der Waals surface area contributed by atoms with Crippen LogP contribution in [0, 0.1) is 0 Å². The van der Waals surface area contributed by atoms with Gasteiger partial charge in [-0.25, -0.2) is 0 Å². The first kappa shape index (κ1) is 18.5. The van der Waals surface area contributed by atoms with Crippen molar-refractivity contribution in [2.24, 2.45) is 0 Å². The van der Waals surface area contributed by atoms with Crippen molar-refractivity contribution in [2.45, 2.75) is 57.8 Å². The highest BCUT2D eigenvalue weighted by molar-refractivity contribution is 5.88. The molecule has 1 aliphatic heterocycles. The number of unbranched alkanes of at least 4 members (excludes halogenated alkanes) is 3. The molecule has 0 atom stereocenters. The highest BCUT2D eigenvalue weighted by Crippen LogP contribution is 2.36. The molecule has 4 heteroatoms. The van der Waals surface area contributed by atoms with Crippen LogP contribution in [0.5, 0.6) is 0 Å². The van der Waals surface area contributed by atoms with E-state index < -0.39 is 5.41 Å². The van der Waals surface area contributed by atoms with E-state index in [0.29, 0.717) is 25.9 Å². The maximum absolute atomic E-state index is 13.0. The van der Waals surface area contributed by atoms with Gasteiger partial charge in [-0.05, 0) is 24.8 Å². The summed E-state index contributed by atoms with van der Waals surface area (Å²) >= 11 is 0. The molecule has 132 valence electrons. The average molecular weight is 330 g/mol. The van der Waals surface area contributed by atoms with Crippen molar-refractivity contribution < 1.29 is 9.59 Å². The Morgan fingerprint density at radius 2 is 1.75 bits per heavy atom. The van der Waals surface area contributed by atoms with Crippen LogP contribution in [0.2, 0.25) is 0 Å². The van der Waals surface area contributed by atoms with Crippen molar-refractivity contribution >= 4 is 11.8 Å². The Kier molecular flexibility index (Phi) is 6.83. The van der Waals surface area contributed by atoms with Crippen molar-refractivity contribution in [2.75, 3.05) is 19.6 Å². The van der Waals surface area contributed by atoms with Gasteiger partial charge in [0, 0.05) is 26.6 Å². The van der Waals surface area contributed by atoms with E-state index in [1.54, 1.807) is 6.92 Å². The van der Waals surface area contributed by atoms with Crippen LogP contribution in [-0.2, 0) is 15.0 Å². The number of benzene rings is 1. The van der Waals surface area contributed by atoms with Crippen molar-refractivity contribution in [3.8, 4) is 0 Å². The molecule has 1 aliphatic rings. The molecule has 0 unspecified atom stereocenters. The van der Waals surface area contributed by atoms with E-state index in [1.165, 1.54) is 12.8 Å². The maximum atomic E-state index is 13.0. The zero-order chi connectivity index (χ0) is 17.4. The first-order valence-corrected chi connectivity index (χ1v) is 9.19. The van der Waals surface area contributed by atoms with Gasteiger partial charge in [-0.15, -0.1) is 0 Å². The summed E-state index contributed by atoms with van der Waals surface area (Å²) in [6.45, 7) is 5.82. The molecular formula is C20H30N2O2. The standard InChI is InChI=1S/C20H30N2O2/c1-3-4-5-9-14-21-19(24)20(18-10-7-6-8-11-18)12-15-22(16-13-20)17(2)23/h6-8,10-11H,3-5,9,12-16H2,1-2H3,(H,21,24). The zero-order valence-electron chi connectivity index (χ0n) is 15.0. The van der Waals surface area contributed by atoms with Gasteiger partial charge in [0.2, 0.25) is 11.8 Å². The first-order chi connectivity index (χ1) is 11.6. The predicted molar refractivity (Wildman–Crippen MR) is 96.8 cm³/mol. The molecule has 0 bridgehead atoms. The number of piperidine rings is 1. The van der Waals surface area contributed by atoms with Crippen LogP contribution in [0.25, 0.3) is 0 Å². The molecule has 2 amide bonds. The van der Waals surface area contributed by atoms with E-state index in [4.69, 9.17) is 0 Å². The lowest BCUT2D eigenvalue weighted by atomic mass is 9.72. The fourth-order valence-electron chi connectivity index (χ4n) is 3.53. The molecule has 1 fully saturated rings. The third-order valence-corrected chi connectivity index (χ3v) is 5.14. The molecule has 1 saturated heterocycles. The summed E-state index contributed by atoms with van der Waals surface area (Å²) in [7, 11) is 0. The summed E-state index contributed by atoms with van der Waals surface area (Å²) in [6.07, 6.45) is 5.99. The summed E-state index contributed by atoms with van der Waals surface area (Å²) in [6, 6.07) is 10.0. The summed E-state index contributed by atoms with van der Waals surface area (Å²) in [5, 5.41) is 3.15. The van der Waals surface area contributed by atoms with E-state index in [-0.39, 0.29) is 11.8 Å². The topological polar surface area (TPSA) is 49.4 Å². The number of likely N-dealkylation sites (tertiary alicyclic amines) is 1. The number of carbonyl (C=O) groups is 2. The summed E-state index contributed by atoms with van der Waals surface area (Å²) in [5.74, 6) is 0.213. The molecule has 0 spiro atoms. The Morgan fingerprint density at radius 1 is 1.08 bits per heavy atom. The Labute approximate surface area is 145 Å². The van der Waals surface area contributed by atoms with Crippen molar-refractivity contribution in [1.29, 1.82) is 0 Å². The Bertz CT molecular complexity index is 534. The SMILES string of the molecule is CCCCCCNC(=O)C1(c2ccccc2)CCN(C(C)=O)CC1. The number of hydrogen-bond acceptors (Lipinski definition) is 2. The Morgan fingerprint density at radius 3 is 2.33 bits per heavy atom. The van der Waals surface area contributed by atoms with E-state index in [0.717, 1.165) is 24.9 Å². The Balaban J connectivity index is 2.07. The Hall–Kier alpha value is -1.84. The number of carbonyl (C=O) groups excluding carboxylic acids is 2. The molecule has 24 heavy (non-hydrogen) atoms. The van der Waals surface area contributed by atoms with E-state index in [1.807, 2.05) is 35.2 Å². The molecule has 0 saturated carbocycles. The van der Waals surface area contributed by atoms with Crippen LogP contribution in [-0.4, -0.2) is 36.3 Å². The molecule has 1 N–H and O–H groups in total. The monoisotopic (exact) mass is 330 g/mol. The summed E-state index contributed by atoms with van der Waals surface area (Å²) < 4.78 is 0. The van der Waals surface area contributed by atoms with Gasteiger partial charge in [-0.3, -0.25) is 9.59 Å². The molecule has 0 aromatic heterocycles. The van der Waals surface area contributed by atoms with Crippen LogP contribution < -0.4 is 5.32 Å². The molecule has 1 heterocycles. The molecule has 0 aliphatic carbocycles. The van der Waals surface area contributed by atoms with Crippen molar-refractivity contribution in [1.82, 2.24) is 10.2 Å². The van der Waals surface area contributed by atoms with E-state index >= 15 is 0 Å². The lowest BCUT2D eigenvalue weighted by Gasteiger charge is -2.40. The van der Waals surface area contributed by atoms with Gasteiger partial charge < -0.3 is 10.2 Å². The van der Waals surface area contributed by atoms with Gasteiger partial charge in [0.05, 0.1) is 5.41 Å². The molecule has 1 aromatic rings. The van der Waals surface area contributed by atoms with Crippen molar-refractivity contribution in [3.63, 3.8) is 0 Å². The van der Waals surface area contributed by atoms with Gasteiger partial charge in [-0.1, -0.05) is 56.5 Å². The van der Waals surface area contributed by atoms with Gasteiger partial charge in [0.15, 0.2) is 0 Å². The fourth-order valence-corrected chi connectivity index (χ4v) is 3.53. The zero-order valence-corrected chi connectivity index (χ0v) is 15.0. The first-order valence-electron chi connectivity index (χ1n) is 9.19. The minimum atomic E-state index is -0.502. The number of amides is 2. The second kappa shape index (κ2) is 8.86. The molecule has 1 aromatic carbocycles. The van der Waals surface area contributed by atoms with E-state index in [2.05, 4.69) is 12.2 Å². The van der Waals surface area contributed by atoms with Crippen LogP contribution in [0.15, 0.2) is 30.3 Å². The molecule has 2 rings (SSSR count). The predicted octanol–water partition coefficient (Wildman–Crippen LogP) is 3.26. The third-order valence-electron chi connectivity index (χ3n) is 5.14. The second-order valence-electron chi connectivity index (χ2n) is 6.77. The van der Waals surface area contributed by atoms with Gasteiger partial charge in [0.1, 0.15) is 0 Å². The summed E-state index contributed by atoms with van der Waals surface area (Å²) in [5.41, 5.74) is 0.567. The minimum Gasteiger partial charge on any atom is -0.355 e. The fraction of sp³-hybridized carbons (Fsp3) is 0.600. The van der Waals surface area contributed by atoms with Crippen LogP contribution >= 0.6 is 0 Å². The smallest absolute Gasteiger partial charge is 0.230 e. The molecular weight excluding hydrogens is 300 g/mol. The molecule has 4 nitrogen and oxygen atoms in total. The van der Waals surface area contributed by atoms with E-state index in [9.17, 15) is 9.59 Å². The number of hydrogen-bond donors (Lipinski definition) is 1. The second-order valence-corrected chi connectivity index (χ2v) is 6.77. The highest BCUT2D eigenvalue weighted by Gasteiger charge is 2.43. The largest absolute Gasteiger partial charge is 0.355 e. The number of nitrogens with one attached hydrogen (secondary N) is 1. The normalized spacial score (nSPS) is 16.7. The van der Waals surface area contributed by atoms with Crippen LogP contribution in [0.4, 0.5) is 0 Å². The highest BCUT2D eigenvalue weighted by atomic mass is 16.2. The third kappa shape index (κ3) is 4.37. The molecule has 0 radical (unpaired) electrons. The van der Waals surface area contributed by atoms with Gasteiger partial charge in [-0.2, -0.15) is 0 Å². The van der Waals surface area contributed by atoms with Crippen LogP contribution in [0.3, 0.4) is 0 Å². The number of rotatable bonds is 7. The maximum Gasteiger partial charge on any atom is 0.230 e. The van der Waals surface area contributed by atoms with Gasteiger partial charge in [0.25, 0.3) is 0 Å². The number of nitrogens with zero attached hydrogens (tertiary/aromatic N) is 1. The van der Waals surface area contributed by atoms with Crippen LogP contribution in [0.1, 0.15) is 57.9 Å². The van der Waals surface area contributed by atoms with Gasteiger partial charge >= 0.3 is 0 Å². The minimum absolute atomic E-state index is 0.0941. The van der Waals surface area contributed by atoms with Crippen molar-refractivity contribution in [3.05, 3.63) is 35.9 Å². The quantitative estimate of drug-likeness (QED) is 0.780. The lowest BCUT2D eigenvalue weighted by molar-refractivity contribution is -0.135.